The zero-order valence-electron chi connectivity index (χ0n) is 18.8. The molecule has 0 N–H and O–H groups in total. The molecule has 4 heteroatoms. The fraction of sp³-hybridized carbons (Fsp3) is 0.692. The highest BCUT2D eigenvalue weighted by atomic mass is 16.2. The summed E-state index contributed by atoms with van der Waals surface area (Å²) >= 11 is 0. The standard InChI is InChI=1S/C26H39N3O/c1-2-3-4-5-6-7-13-18-28-24-17-12-11-16-23(24)27-26(28)21-19-25(30)29(20-21)22-14-9-8-10-15-22/h11-12,16-17,21-22H,2-10,13-15,18-20H2,1H3. The van der Waals surface area contributed by atoms with Crippen molar-refractivity contribution < 1.29 is 4.79 Å². The van der Waals surface area contributed by atoms with Crippen LogP contribution in [-0.4, -0.2) is 32.9 Å². The Morgan fingerprint density at radius 3 is 2.50 bits per heavy atom. The van der Waals surface area contributed by atoms with E-state index in [2.05, 4.69) is 40.7 Å². The molecular formula is C26H39N3O. The van der Waals surface area contributed by atoms with E-state index < -0.39 is 0 Å². The highest BCUT2D eigenvalue weighted by molar-refractivity contribution is 5.81. The Kier molecular flexibility index (Phi) is 7.46. The lowest BCUT2D eigenvalue weighted by Gasteiger charge is -2.31. The Hall–Kier alpha value is -1.84. The quantitative estimate of drug-likeness (QED) is 0.424. The summed E-state index contributed by atoms with van der Waals surface area (Å²) in [5.41, 5.74) is 2.32. The second-order valence-electron chi connectivity index (χ2n) is 9.47. The van der Waals surface area contributed by atoms with Crippen molar-refractivity contribution >= 4 is 16.9 Å². The number of hydrogen-bond acceptors (Lipinski definition) is 2. The maximum atomic E-state index is 12.9. The third kappa shape index (κ3) is 4.90. The number of benzene rings is 1. The van der Waals surface area contributed by atoms with Gasteiger partial charge < -0.3 is 9.47 Å². The number of carbonyl (C=O) groups is 1. The summed E-state index contributed by atoms with van der Waals surface area (Å²) < 4.78 is 2.43. The predicted molar refractivity (Wildman–Crippen MR) is 124 cm³/mol. The summed E-state index contributed by atoms with van der Waals surface area (Å²) in [7, 11) is 0. The van der Waals surface area contributed by atoms with Crippen LogP contribution in [0.5, 0.6) is 0 Å². The number of fused-ring (bicyclic) bond motifs is 1. The third-order valence-corrected chi connectivity index (χ3v) is 7.21. The van der Waals surface area contributed by atoms with Gasteiger partial charge in [-0.2, -0.15) is 0 Å². The van der Waals surface area contributed by atoms with Crippen molar-refractivity contribution in [3.8, 4) is 0 Å². The minimum absolute atomic E-state index is 0.247. The molecule has 30 heavy (non-hydrogen) atoms. The van der Waals surface area contributed by atoms with E-state index in [0.29, 0.717) is 18.4 Å². The van der Waals surface area contributed by atoms with Gasteiger partial charge in [0.15, 0.2) is 0 Å². The van der Waals surface area contributed by atoms with Crippen molar-refractivity contribution in [2.24, 2.45) is 0 Å². The van der Waals surface area contributed by atoms with Crippen LogP contribution >= 0.6 is 0 Å². The number of para-hydroxylation sites is 2. The predicted octanol–water partition coefficient (Wildman–Crippen LogP) is 6.44. The Labute approximate surface area is 182 Å². The van der Waals surface area contributed by atoms with E-state index in [0.717, 1.165) is 24.4 Å². The SMILES string of the molecule is CCCCCCCCCn1c(C2CC(=O)N(C3CCCCC3)C2)nc2ccccc21. The van der Waals surface area contributed by atoms with Crippen LogP contribution in [0.3, 0.4) is 0 Å². The van der Waals surface area contributed by atoms with Crippen LogP contribution in [0.4, 0.5) is 0 Å². The molecular weight excluding hydrogens is 370 g/mol. The zero-order valence-corrected chi connectivity index (χ0v) is 18.8. The molecule has 1 amide bonds. The van der Waals surface area contributed by atoms with Crippen LogP contribution in [0, 0.1) is 0 Å². The first-order valence-corrected chi connectivity index (χ1v) is 12.5. The highest BCUT2D eigenvalue weighted by Gasteiger charge is 2.37. The number of aromatic nitrogens is 2. The molecule has 1 aromatic carbocycles. The first-order valence-electron chi connectivity index (χ1n) is 12.5. The molecule has 2 heterocycles. The summed E-state index contributed by atoms with van der Waals surface area (Å²) in [5, 5.41) is 0. The van der Waals surface area contributed by atoms with Crippen LogP contribution in [0.25, 0.3) is 11.0 Å². The van der Waals surface area contributed by atoms with Gasteiger partial charge in [-0.3, -0.25) is 4.79 Å². The Bertz CT molecular complexity index is 821. The van der Waals surface area contributed by atoms with Gasteiger partial charge >= 0.3 is 0 Å². The lowest BCUT2D eigenvalue weighted by Crippen LogP contribution is -2.37. The van der Waals surface area contributed by atoms with Gasteiger partial charge in [0, 0.05) is 31.5 Å². The molecule has 0 spiro atoms. The highest BCUT2D eigenvalue weighted by Crippen LogP contribution is 2.34. The van der Waals surface area contributed by atoms with E-state index in [1.807, 2.05) is 0 Å². The second kappa shape index (κ2) is 10.5. The number of rotatable bonds is 10. The number of carbonyl (C=O) groups excluding carboxylic acids is 1. The molecule has 2 aliphatic rings. The minimum atomic E-state index is 0.247. The number of aryl methyl sites for hydroxylation is 1. The van der Waals surface area contributed by atoms with Gasteiger partial charge in [0.1, 0.15) is 5.82 Å². The average molecular weight is 410 g/mol. The maximum absolute atomic E-state index is 12.9. The van der Waals surface area contributed by atoms with Crippen molar-refractivity contribution in [2.75, 3.05) is 6.54 Å². The molecule has 164 valence electrons. The first kappa shape index (κ1) is 21.4. The number of likely N-dealkylation sites (tertiary alicyclic amines) is 1. The van der Waals surface area contributed by atoms with E-state index in [9.17, 15) is 4.79 Å². The Morgan fingerprint density at radius 2 is 1.70 bits per heavy atom. The Balaban J connectivity index is 1.44. The zero-order chi connectivity index (χ0) is 20.8. The van der Waals surface area contributed by atoms with Crippen molar-refractivity contribution in [3.05, 3.63) is 30.1 Å². The summed E-state index contributed by atoms with van der Waals surface area (Å²) in [4.78, 5) is 20.1. The molecule has 1 atom stereocenters. The molecule has 1 aliphatic heterocycles. The summed E-state index contributed by atoms with van der Waals surface area (Å²) in [6.07, 6.45) is 16.1. The van der Waals surface area contributed by atoms with E-state index in [4.69, 9.17) is 4.98 Å². The van der Waals surface area contributed by atoms with Gasteiger partial charge in [0.25, 0.3) is 0 Å². The molecule has 2 aromatic rings. The van der Waals surface area contributed by atoms with Gasteiger partial charge in [-0.15, -0.1) is 0 Å². The van der Waals surface area contributed by atoms with Crippen molar-refractivity contribution in [3.63, 3.8) is 0 Å². The fourth-order valence-corrected chi connectivity index (χ4v) is 5.52. The van der Waals surface area contributed by atoms with Crippen molar-refractivity contribution in [2.45, 2.75) is 109 Å². The van der Waals surface area contributed by atoms with Crippen LogP contribution in [0.15, 0.2) is 24.3 Å². The van der Waals surface area contributed by atoms with Crippen LogP contribution < -0.4 is 0 Å². The summed E-state index contributed by atoms with van der Waals surface area (Å²) in [5.74, 6) is 1.74. The molecule has 0 bridgehead atoms. The van der Waals surface area contributed by atoms with E-state index in [1.54, 1.807) is 0 Å². The number of imidazole rings is 1. The monoisotopic (exact) mass is 409 g/mol. The lowest BCUT2D eigenvalue weighted by atomic mass is 9.94. The van der Waals surface area contributed by atoms with E-state index >= 15 is 0 Å². The van der Waals surface area contributed by atoms with E-state index in [-0.39, 0.29) is 5.92 Å². The Morgan fingerprint density at radius 1 is 0.967 bits per heavy atom. The molecule has 4 rings (SSSR count). The molecule has 1 saturated carbocycles. The molecule has 1 unspecified atom stereocenters. The molecule has 1 saturated heterocycles. The smallest absolute Gasteiger partial charge is 0.223 e. The van der Waals surface area contributed by atoms with Gasteiger partial charge in [0.05, 0.1) is 11.0 Å². The molecule has 2 fully saturated rings. The van der Waals surface area contributed by atoms with Crippen LogP contribution in [-0.2, 0) is 11.3 Å². The third-order valence-electron chi connectivity index (χ3n) is 7.21. The summed E-state index contributed by atoms with van der Waals surface area (Å²) in [6.45, 7) is 4.16. The van der Waals surface area contributed by atoms with E-state index in [1.165, 1.54) is 82.6 Å². The fourth-order valence-electron chi connectivity index (χ4n) is 5.52. The lowest BCUT2D eigenvalue weighted by molar-refractivity contribution is -0.130. The number of hydrogen-bond donors (Lipinski definition) is 0. The molecule has 1 aromatic heterocycles. The van der Waals surface area contributed by atoms with Crippen LogP contribution in [0.2, 0.25) is 0 Å². The molecule has 1 aliphatic carbocycles. The maximum Gasteiger partial charge on any atom is 0.223 e. The van der Waals surface area contributed by atoms with Gasteiger partial charge in [-0.25, -0.2) is 4.98 Å². The summed E-state index contributed by atoms with van der Waals surface area (Å²) in [6, 6.07) is 8.98. The van der Waals surface area contributed by atoms with Gasteiger partial charge in [0.2, 0.25) is 5.91 Å². The minimum Gasteiger partial charge on any atom is -0.339 e. The van der Waals surface area contributed by atoms with Crippen molar-refractivity contribution in [1.29, 1.82) is 0 Å². The number of unbranched alkanes of at least 4 members (excludes halogenated alkanes) is 6. The molecule has 0 radical (unpaired) electrons. The first-order chi connectivity index (χ1) is 14.8. The van der Waals surface area contributed by atoms with Gasteiger partial charge in [-0.1, -0.05) is 76.8 Å². The van der Waals surface area contributed by atoms with Crippen molar-refractivity contribution in [1.82, 2.24) is 14.5 Å². The topological polar surface area (TPSA) is 38.1 Å². The average Bonchev–Trinajstić information content (AvgIpc) is 3.34. The molecule has 4 nitrogen and oxygen atoms in total. The number of amides is 1. The number of nitrogens with zero attached hydrogens (tertiary/aromatic N) is 3. The second-order valence-corrected chi connectivity index (χ2v) is 9.47. The van der Waals surface area contributed by atoms with Crippen LogP contribution in [0.1, 0.15) is 102 Å². The normalized spacial score (nSPS) is 20.5. The van der Waals surface area contributed by atoms with Gasteiger partial charge in [-0.05, 0) is 31.4 Å². The largest absolute Gasteiger partial charge is 0.339 e.